The van der Waals surface area contributed by atoms with Crippen molar-refractivity contribution in [2.75, 3.05) is 0 Å². The molecule has 0 nitrogen and oxygen atoms in total. The van der Waals surface area contributed by atoms with Crippen LogP contribution in [0.2, 0.25) is 0 Å². The van der Waals surface area contributed by atoms with Gasteiger partial charge in [-0.05, 0) is 0 Å². The van der Waals surface area contributed by atoms with Crippen LogP contribution in [0.25, 0.3) is 0 Å². The van der Waals surface area contributed by atoms with Gasteiger partial charge in [0.15, 0.2) is 0 Å². The first-order valence-corrected chi connectivity index (χ1v) is 0. The fourth-order valence-corrected chi connectivity index (χ4v) is 0. The van der Waals surface area contributed by atoms with Gasteiger partial charge < -0.3 is 1.43 Å². The maximum Gasteiger partial charge on any atom is 1.00 e. The summed E-state index contributed by atoms with van der Waals surface area (Å²) in [6, 6.07) is 0. The molecule has 0 N–H and O–H groups in total. The second kappa shape index (κ2) is 28.0. The first kappa shape index (κ1) is 43.6. The van der Waals surface area contributed by atoms with Crippen LogP contribution in [0.1, 0.15) is 1.43 Å². The molecule has 0 amide bonds. The number of hydrogen-bond acceptors (Lipinski definition) is 0. The molecule has 0 aliphatic carbocycles. The van der Waals surface area contributed by atoms with Crippen molar-refractivity contribution in [1.82, 2.24) is 0 Å². The fraction of sp³-hybridized carbons (Fsp3) is 0. The first-order chi connectivity index (χ1) is 0. The SMILES string of the molecule is [Co].[H-].[Li+].[Mn].[Ni].[Zr]. The second-order valence-electron chi connectivity index (χ2n) is 0. The predicted octanol–water partition coefficient (Wildman–Crippen LogP) is -2.89. The summed E-state index contributed by atoms with van der Waals surface area (Å²) in [4.78, 5) is 0. The molecule has 0 fully saturated rings. The molecule has 0 aromatic heterocycles. The van der Waals surface area contributed by atoms with E-state index in [0.29, 0.717) is 0 Å². The molecule has 0 rings (SSSR count). The van der Waals surface area contributed by atoms with E-state index in [1.165, 1.54) is 0 Å². The monoisotopic (exact) mass is 270 g/mol. The zero-order valence-corrected chi connectivity index (χ0v) is 8.19. The number of hydrogen-bond donors (Lipinski definition) is 0. The Balaban J connectivity index is 0. The van der Waals surface area contributed by atoms with E-state index in [-0.39, 0.29) is 96.8 Å². The summed E-state index contributed by atoms with van der Waals surface area (Å²) in [5.74, 6) is 0. The van der Waals surface area contributed by atoms with Crippen LogP contribution in [0.15, 0.2) is 0 Å². The van der Waals surface area contributed by atoms with Gasteiger partial charge in [0.25, 0.3) is 0 Å². The Bertz CT molecular complexity index is 15.5. The van der Waals surface area contributed by atoms with Gasteiger partial charge in [0.1, 0.15) is 0 Å². The summed E-state index contributed by atoms with van der Waals surface area (Å²) in [6.45, 7) is 0. The van der Waals surface area contributed by atoms with Gasteiger partial charge in [-0.2, -0.15) is 0 Å². The Morgan fingerprint density at radius 1 is 1.20 bits per heavy atom. The van der Waals surface area contributed by atoms with Crippen molar-refractivity contribution in [3.8, 4) is 0 Å². The van der Waals surface area contributed by atoms with E-state index >= 15 is 0 Å². The summed E-state index contributed by atoms with van der Waals surface area (Å²) in [5.41, 5.74) is 0. The van der Waals surface area contributed by atoms with Gasteiger partial charge in [0.2, 0.25) is 0 Å². The average molecular weight is 272 g/mol. The normalized spacial score (nSPS) is 0. The van der Waals surface area contributed by atoms with Crippen LogP contribution in [0.4, 0.5) is 0 Å². The Morgan fingerprint density at radius 3 is 1.20 bits per heavy atom. The van der Waals surface area contributed by atoms with Crippen molar-refractivity contribution in [1.29, 1.82) is 0 Å². The molecule has 32 valence electrons. The van der Waals surface area contributed by atoms with Crippen molar-refractivity contribution in [3.05, 3.63) is 0 Å². The van der Waals surface area contributed by atoms with E-state index in [4.69, 9.17) is 0 Å². The Labute approximate surface area is 95.4 Å². The quantitative estimate of drug-likeness (QED) is 0.415. The van der Waals surface area contributed by atoms with Gasteiger partial charge in [-0.25, -0.2) is 0 Å². The zero-order valence-electron chi connectivity index (χ0n) is 3.53. The van der Waals surface area contributed by atoms with Crippen molar-refractivity contribution in [2.24, 2.45) is 0 Å². The minimum absolute atomic E-state index is 0. The zero-order chi connectivity index (χ0) is 0. The molecule has 0 saturated carbocycles. The van der Waals surface area contributed by atoms with E-state index in [2.05, 4.69) is 0 Å². The Kier molecular flexibility index (Phi) is 244. The predicted molar refractivity (Wildman–Crippen MR) is 1.11 cm³/mol. The van der Waals surface area contributed by atoms with E-state index in [1.54, 1.807) is 0 Å². The molecule has 0 spiro atoms. The van der Waals surface area contributed by atoms with Crippen LogP contribution < -0.4 is 18.9 Å². The van der Waals surface area contributed by atoms with E-state index in [1.807, 2.05) is 0 Å². The van der Waals surface area contributed by atoms with Crippen molar-refractivity contribution in [3.63, 3.8) is 0 Å². The van der Waals surface area contributed by atoms with Crippen LogP contribution in [0.3, 0.4) is 0 Å². The third-order valence-corrected chi connectivity index (χ3v) is 0. The maximum absolute atomic E-state index is 0. The fourth-order valence-electron chi connectivity index (χ4n) is 0. The topological polar surface area (TPSA) is 0 Å². The number of rotatable bonds is 0. The standard InChI is InChI=1S/Co.Li.Mn.Ni.Zr.H/q;+1;;;;-1. The van der Waals surface area contributed by atoms with E-state index < -0.39 is 0 Å². The van der Waals surface area contributed by atoms with Crippen LogP contribution in [0.5, 0.6) is 0 Å². The molecule has 0 aliphatic heterocycles. The molecule has 0 aromatic carbocycles. The Morgan fingerprint density at radius 2 is 1.20 bits per heavy atom. The van der Waals surface area contributed by atoms with Crippen LogP contribution in [0, 0.1) is 0 Å². The third-order valence-electron chi connectivity index (χ3n) is 0. The van der Waals surface area contributed by atoms with Gasteiger partial charge in [-0.1, -0.05) is 0 Å². The van der Waals surface area contributed by atoms with Crippen LogP contribution in [-0.2, 0) is 76.5 Å². The molecule has 5 heteroatoms. The second-order valence-corrected chi connectivity index (χ2v) is 0. The summed E-state index contributed by atoms with van der Waals surface area (Å²) < 4.78 is 0. The minimum atomic E-state index is 0. The van der Waals surface area contributed by atoms with Gasteiger partial charge in [-0.15, -0.1) is 0 Å². The summed E-state index contributed by atoms with van der Waals surface area (Å²) in [5, 5.41) is 0. The van der Waals surface area contributed by atoms with Gasteiger partial charge >= 0.3 is 18.9 Å². The Hall–Kier alpha value is 3.00. The molecule has 2 radical (unpaired) electrons. The maximum atomic E-state index is 0. The van der Waals surface area contributed by atoms with Crippen molar-refractivity contribution < 1.29 is 96.8 Å². The molecule has 5 heavy (non-hydrogen) atoms. The van der Waals surface area contributed by atoms with Crippen molar-refractivity contribution in [2.45, 2.75) is 0 Å². The first-order valence-electron chi connectivity index (χ1n) is 0. The van der Waals surface area contributed by atoms with Gasteiger partial charge in [-0.3, -0.25) is 0 Å². The molecule has 0 aliphatic rings. The third kappa shape index (κ3) is 19.4. The van der Waals surface area contributed by atoms with E-state index in [9.17, 15) is 0 Å². The molecule has 0 unspecified atom stereocenters. The smallest absolute Gasteiger partial charge is 1.00 e. The molecule has 0 saturated heterocycles. The summed E-state index contributed by atoms with van der Waals surface area (Å²) >= 11 is 0. The molecule has 0 aromatic rings. The van der Waals surface area contributed by atoms with E-state index in [0.717, 1.165) is 0 Å². The summed E-state index contributed by atoms with van der Waals surface area (Å²) in [6.07, 6.45) is 0. The average Bonchev–Trinajstić information content (AvgIpc) is 0. The summed E-state index contributed by atoms with van der Waals surface area (Å²) in [7, 11) is 0. The van der Waals surface area contributed by atoms with Gasteiger partial charge in [0, 0.05) is 76.5 Å². The van der Waals surface area contributed by atoms with Crippen LogP contribution >= 0.6 is 0 Å². The van der Waals surface area contributed by atoms with Crippen LogP contribution in [-0.4, -0.2) is 0 Å². The minimum Gasteiger partial charge on any atom is -1.00 e. The molecule has 0 bridgehead atoms. The van der Waals surface area contributed by atoms with Gasteiger partial charge in [0.05, 0.1) is 0 Å². The molecule has 0 atom stereocenters. The largest absolute Gasteiger partial charge is 1.00 e. The van der Waals surface area contributed by atoms with Crippen molar-refractivity contribution >= 4 is 0 Å². The molecule has 0 heterocycles. The molecular weight excluding hydrogens is 271 g/mol. The molecular formula is HCoLiMnNiZr.